The van der Waals surface area contributed by atoms with E-state index in [0.717, 1.165) is 13.1 Å². The molecule has 52 valence electrons. The lowest BCUT2D eigenvalue weighted by Gasteiger charge is -2.09. The Morgan fingerprint density at radius 2 is 2.00 bits per heavy atom. The maximum atomic E-state index is 8.83. The third kappa shape index (κ3) is 1.96. The SMILES string of the molecule is CC(O)=CN1CCCC1. The topological polar surface area (TPSA) is 23.5 Å². The van der Waals surface area contributed by atoms with Crippen LogP contribution in [0.1, 0.15) is 19.8 Å². The van der Waals surface area contributed by atoms with E-state index < -0.39 is 0 Å². The van der Waals surface area contributed by atoms with Crippen molar-refractivity contribution in [1.82, 2.24) is 4.90 Å². The first kappa shape index (κ1) is 6.46. The number of aliphatic hydroxyl groups is 1. The van der Waals surface area contributed by atoms with E-state index in [1.807, 2.05) is 6.20 Å². The van der Waals surface area contributed by atoms with Gasteiger partial charge in [-0.2, -0.15) is 0 Å². The molecule has 0 aromatic rings. The molecule has 1 aliphatic rings. The maximum Gasteiger partial charge on any atom is 0.105 e. The van der Waals surface area contributed by atoms with Crippen molar-refractivity contribution in [3.8, 4) is 0 Å². The molecule has 1 heterocycles. The summed E-state index contributed by atoms with van der Waals surface area (Å²) in [6.45, 7) is 3.92. The van der Waals surface area contributed by atoms with Crippen LogP contribution in [0.4, 0.5) is 0 Å². The third-order valence-corrected chi connectivity index (χ3v) is 1.51. The molecule has 0 aromatic heterocycles. The van der Waals surface area contributed by atoms with Crippen LogP contribution in [-0.2, 0) is 0 Å². The Bertz CT molecular complexity index is 110. The fraction of sp³-hybridized carbons (Fsp3) is 0.714. The smallest absolute Gasteiger partial charge is 0.105 e. The molecule has 0 spiro atoms. The maximum absolute atomic E-state index is 8.83. The minimum Gasteiger partial charge on any atom is -0.511 e. The van der Waals surface area contributed by atoms with Gasteiger partial charge in [0.05, 0.1) is 0 Å². The molecule has 0 unspecified atom stereocenters. The van der Waals surface area contributed by atoms with E-state index in [9.17, 15) is 0 Å². The molecule has 0 aromatic carbocycles. The zero-order valence-corrected chi connectivity index (χ0v) is 5.80. The first-order valence-electron chi connectivity index (χ1n) is 3.40. The average molecular weight is 127 g/mol. The summed E-state index contributed by atoms with van der Waals surface area (Å²) in [6.07, 6.45) is 4.35. The second-order valence-corrected chi connectivity index (χ2v) is 2.51. The third-order valence-electron chi connectivity index (χ3n) is 1.51. The zero-order chi connectivity index (χ0) is 6.69. The van der Waals surface area contributed by atoms with Crippen molar-refractivity contribution in [3.63, 3.8) is 0 Å². The molecule has 1 fully saturated rings. The fourth-order valence-corrected chi connectivity index (χ4v) is 1.13. The van der Waals surface area contributed by atoms with E-state index in [-0.39, 0.29) is 0 Å². The van der Waals surface area contributed by atoms with Crippen molar-refractivity contribution in [3.05, 3.63) is 12.0 Å². The van der Waals surface area contributed by atoms with Crippen molar-refractivity contribution < 1.29 is 5.11 Å². The van der Waals surface area contributed by atoms with Crippen molar-refractivity contribution in [2.24, 2.45) is 0 Å². The summed E-state index contributed by atoms with van der Waals surface area (Å²) in [5.41, 5.74) is 0. The van der Waals surface area contributed by atoms with Crippen LogP contribution in [0, 0.1) is 0 Å². The quantitative estimate of drug-likeness (QED) is 0.539. The lowest BCUT2D eigenvalue weighted by Crippen LogP contribution is -2.11. The number of hydrogen-bond donors (Lipinski definition) is 1. The lowest BCUT2D eigenvalue weighted by atomic mass is 10.4. The predicted octanol–water partition coefficient (Wildman–Crippen LogP) is 1.50. The van der Waals surface area contributed by atoms with Crippen molar-refractivity contribution in [2.75, 3.05) is 13.1 Å². The van der Waals surface area contributed by atoms with Crippen molar-refractivity contribution in [1.29, 1.82) is 0 Å². The molecular weight excluding hydrogens is 114 g/mol. The van der Waals surface area contributed by atoms with Gasteiger partial charge in [0.1, 0.15) is 5.76 Å². The van der Waals surface area contributed by atoms with Crippen LogP contribution in [0.15, 0.2) is 12.0 Å². The van der Waals surface area contributed by atoms with Gasteiger partial charge in [-0.1, -0.05) is 0 Å². The number of rotatable bonds is 1. The number of aliphatic hydroxyl groups excluding tert-OH is 1. The first-order valence-corrected chi connectivity index (χ1v) is 3.40. The Morgan fingerprint density at radius 1 is 1.44 bits per heavy atom. The van der Waals surface area contributed by atoms with Gasteiger partial charge in [-0.15, -0.1) is 0 Å². The molecule has 9 heavy (non-hydrogen) atoms. The van der Waals surface area contributed by atoms with E-state index in [2.05, 4.69) is 4.90 Å². The molecule has 0 atom stereocenters. The normalized spacial score (nSPS) is 21.0. The standard InChI is InChI=1S/C7H13NO/c1-7(9)6-8-4-2-3-5-8/h6,9H,2-5H2,1H3. The van der Waals surface area contributed by atoms with E-state index in [0.29, 0.717) is 5.76 Å². The largest absolute Gasteiger partial charge is 0.511 e. The summed E-state index contributed by atoms with van der Waals surface area (Å²) in [7, 11) is 0. The molecule has 0 amide bonds. The van der Waals surface area contributed by atoms with Crippen LogP contribution in [0.5, 0.6) is 0 Å². The van der Waals surface area contributed by atoms with Crippen LogP contribution in [0.3, 0.4) is 0 Å². The van der Waals surface area contributed by atoms with Crippen LogP contribution in [0.25, 0.3) is 0 Å². The Morgan fingerprint density at radius 3 is 2.44 bits per heavy atom. The molecule has 1 rings (SSSR count). The van der Waals surface area contributed by atoms with E-state index in [1.165, 1.54) is 12.8 Å². The Hall–Kier alpha value is -0.660. The van der Waals surface area contributed by atoms with Crippen molar-refractivity contribution >= 4 is 0 Å². The highest BCUT2D eigenvalue weighted by atomic mass is 16.3. The second kappa shape index (κ2) is 2.76. The van der Waals surface area contributed by atoms with Gasteiger partial charge >= 0.3 is 0 Å². The highest BCUT2D eigenvalue weighted by molar-refractivity contribution is 4.87. The molecule has 2 nitrogen and oxygen atoms in total. The molecule has 1 aliphatic heterocycles. The zero-order valence-electron chi connectivity index (χ0n) is 5.80. The molecule has 1 N–H and O–H groups in total. The molecule has 0 saturated carbocycles. The van der Waals surface area contributed by atoms with Crippen LogP contribution >= 0.6 is 0 Å². The average Bonchev–Trinajstić information content (AvgIpc) is 2.15. The Kier molecular flexibility index (Phi) is 1.98. The molecule has 0 aliphatic carbocycles. The minimum atomic E-state index is 0.414. The fourth-order valence-electron chi connectivity index (χ4n) is 1.13. The summed E-state index contributed by atoms with van der Waals surface area (Å²) in [5, 5.41) is 8.83. The summed E-state index contributed by atoms with van der Waals surface area (Å²) >= 11 is 0. The van der Waals surface area contributed by atoms with Gasteiger partial charge in [0.2, 0.25) is 0 Å². The van der Waals surface area contributed by atoms with Crippen LogP contribution in [-0.4, -0.2) is 23.1 Å². The van der Waals surface area contributed by atoms with Gasteiger partial charge in [-0.25, -0.2) is 0 Å². The van der Waals surface area contributed by atoms with Crippen LogP contribution in [0.2, 0.25) is 0 Å². The second-order valence-electron chi connectivity index (χ2n) is 2.51. The van der Waals surface area contributed by atoms with E-state index in [1.54, 1.807) is 6.92 Å². The monoisotopic (exact) mass is 127 g/mol. The molecular formula is C7H13NO. The molecule has 0 bridgehead atoms. The minimum absolute atomic E-state index is 0.414. The van der Waals surface area contributed by atoms with Crippen molar-refractivity contribution in [2.45, 2.75) is 19.8 Å². The molecule has 1 saturated heterocycles. The Balaban J connectivity index is 2.35. The number of allylic oxidation sites excluding steroid dienone is 1. The van der Waals surface area contributed by atoms with E-state index >= 15 is 0 Å². The predicted molar refractivity (Wildman–Crippen MR) is 37.2 cm³/mol. The van der Waals surface area contributed by atoms with Crippen LogP contribution < -0.4 is 0 Å². The molecule has 0 radical (unpaired) electrons. The van der Waals surface area contributed by atoms with E-state index in [4.69, 9.17) is 5.11 Å². The Labute approximate surface area is 55.8 Å². The van der Waals surface area contributed by atoms with Gasteiger partial charge in [0, 0.05) is 19.3 Å². The lowest BCUT2D eigenvalue weighted by molar-refractivity contribution is 0.374. The summed E-state index contributed by atoms with van der Waals surface area (Å²) in [5.74, 6) is 0.414. The highest BCUT2D eigenvalue weighted by Crippen LogP contribution is 2.07. The molecule has 2 heteroatoms. The summed E-state index contributed by atoms with van der Waals surface area (Å²) in [6, 6.07) is 0. The highest BCUT2D eigenvalue weighted by Gasteiger charge is 2.06. The summed E-state index contributed by atoms with van der Waals surface area (Å²) in [4.78, 5) is 2.15. The summed E-state index contributed by atoms with van der Waals surface area (Å²) < 4.78 is 0. The van der Waals surface area contributed by atoms with Gasteiger partial charge < -0.3 is 10.0 Å². The number of hydrogen-bond acceptors (Lipinski definition) is 2. The van der Waals surface area contributed by atoms with Gasteiger partial charge in [0.25, 0.3) is 0 Å². The number of nitrogens with zero attached hydrogens (tertiary/aromatic N) is 1. The first-order chi connectivity index (χ1) is 4.29. The van der Waals surface area contributed by atoms with Gasteiger partial charge in [-0.05, 0) is 19.8 Å². The number of likely N-dealkylation sites (tertiary alicyclic amines) is 1. The van der Waals surface area contributed by atoms with Gasteiger partial charge in [0.15, 0.2) is 0 Å². The van der Waals surface area contributed by atoms with Gasteiger partial charge in [-0.3, -0.25) is 0 Å².